The van der Waals surface area contributed by atoms with Crippen molar-refractivity contribution in [2.45, 2.75) is 25.8 Å². The van der Waals surface area contributed by atoms with Gasteiger partial charge >= 0.3 is 0 Å². The minimum atomic E-state index is 0.263. The first-order valence-electron chi connectivity index (χ1n) is 6.58. The summed E-state index contributed by atoms with van der Waals surface area (Å²) in [4.78, 5) is 0. The van der Waals surface area contributed by atoms with Gasteiger partial charge in [-0.05, 0) is 43.7 Å². The molecule has 1 aromatic heterocycles. The third-order valence-corrected chi connectivity index (χ3v) is 3.64. The Morgan fingerprint density at radius 1 is 1.32 bits per heavy atom. The Hall–Kier alpha value is -1.32. The van der Waals surface area contributed by atoms with Gasteiger partial charge in [0.25, 0.3) is 0 Å². The molecule has 0 spiro atoms. The molecule has 0 saturated carbocycles. The maximum atomic E-state index is 5.92. The van der Waals surface area contributed by atoms with Crippen molar-refractivity contribution in [1.29, 1.82) is 0 Å². The van der Waals surface area contributed by atoms with Crippen molar-refractivity contribution < 1.29 is 0 Å². The highest BCUT2D eigenvalue weighted by atomic mass is 35.5. The summed E-state index contributed by atoms with van der Waals surface area (Å²) in [6.45, 7) is 2.12. The molecule has 102 valence electrons. The summed E-state index contributed by atoms with van der Waals surface area (Å²) >= 11 is 5.92. The molecule has 2 aromatic rings. The standard InChI is InChI=1S/C15H20ClN3/c1-4-13-10-15(19(3)18-13)14(17-2)9-11-5-7-12(16)8-6-11/h5-8,10,14,17H,4,9H2,1-3H3. The Balaban J connectivity index is 2.19. The second-order valence-corrected chi connectivity index (χ2v) is 5.15. The fourth-order valence-electron chi connectivity index (χ4n) is 2.25. The zero-order chi connectivity index (χ0) is 13.8. The van der Waals surface area contributed by atoms with Crippen LogP contribution >= 0.6 is 11.6 Å². The van der Waals surface area contributed by atoms with E-state index in [1.807, 2.05) is 30.9 Å². The number of hydrogen-bond donors (Lipinski definition) is 1. The molecule has 1 aromatic carbocycles. The highest BCUT2D eigenvalue weighted by Gasteiger charge is 2.15. The molecular formula is C15H20ClN3. The zero-order valence-electron chi connectivity index (χ0n) is 11.7. The zero-order valence-corrected chi connectivity index (χ0v) is 12.4. The Bertz CT molecular complexity index is 531. The van der Waals surface area contributed by atoms with Crippen molar-refractivity contribution >= 4 is 11.6 Å². The van der Waals surface area contributed by atoms with Crippen molar-refractivity contribution in [3.8, 4) is 0 Å². The molecule has 1 atom stereocenters. The summed E-state index contributed by atoms with van der Waals surface area (Å²) in [6, 6.07) is 10.5. The molecule has 0 amide bonds. The summed E-state index contributed by atoms with van der Waals surface area (Å²) in [6.07, 6.45) is 1.89. The summed E-state index contributed by atoms with van der Waals surface area (Å²) < 4.78 is 1.97. The molecule has 1 N–H and O–H groups in total. The monoisotopic (exact) mass is 277 g/mol. The summed E-state index contributed by atoms with van der Waals surface area (Å²) in [5.74, 6) is 0. The van der Waals surface area contributed by atoms with Gasteiger partial charge in [0.2, 0.25) is 0 Å². The fourth-order valence-corrected chi connectivity index (χ4v) is 2.38. The van der Waals surface area contributed by atoms with E-state index < -0.39 is 0 Å². The fraction of sp³-hybridized carbons (Fsp3) is 0.400. The van der Waals surface area contributed by atoms with Crippen LogP contribution in [0.1, 0.15) is 29.9 Å². The van der Waals surface area contributed by atoms with Crippen LogP contribution in [0.25, 0.3) is 0 Å². The molecule has 0 bridgehead atoms. The second kappa shape index (κ2) is 6.22. The van der Waals surface area contributed by atoms with E-state index >= 15 is 0 Å². The van der Waals surface area contributed by atoms with Crippen molar-refractivity contribution in [3.05, 3.63) is 52.3 Å². The average molecular weight is 278 g/mol. The number of aryl methyl sites for hydroxylation is 2. The maximum Gasteiger partial charge on any atom is 0.0625 e. The lowest BCUT2D eigenvalue weighted by molar-refractivity contribution is 0.537. The van der Waals surface area contributed by atoms with Gasteiger partial charge < -0.3 is 5.32 Å². The van der Waals surface area contributed by atoms with Crippen molar-refractivity contribution in [2.75, 3.05) is 7.05 Å². The molecule has 1 heterocycles. The topological polar surface area (TPSA) is 29.9 Å². The number of nitrogens with zero attached hydrogens (tertiary/aromatic N) is 2. The predicted octanol–water partition coefficient (Wildman–Crippen LogP) is 3.14. The molecule has 0 aliphatic rings. The van der Waals surface area contributed by atoms with E-state index in [0.717, 1.165) is 23.6 Å². The molecule has 19 heavy (non-hydrogen) atoms. The SMILES string of the molecule is CCc1cc(C(Cc2ccc(Cl)cc2)NC)n(C)n1. The smallest absolute Gasteiger partial charge is 0.0625 e. The second-order valence-electron chi connectivity index (χ2n) is 4.71. The molecule has 1 unspecified atom stereocenters. The highest BCUT2D eigenvalue weighted by Crippen LogP contribution is 2.20. The van der Waals surface area contributed by atoms with Gasteiger partial charge in [-0.2, -0.15) is 5.10 Å². The first-order chi connectivity index (χ1) is 9.13. The van der Waals surface area contributed by atoms with E-state index in [1.54, 1.807) is 0 Å². The first kappa shape index (κ1) is 14.1. The van der Waals surface area contributed by atoms with E-state index in [2.05, 4.69) is 35.5 Å². The third kappa shape index (κ3) is 3.37. The molecule has 0 saturated heterocycles. The lowest BCUT2D eigenvalue weighted by atomic mass is 10.0. The van der Waals surface area contributed by atoms with Crippen molar-refractivity contribution in [3.63, 3.8) is 0 Å². The van der Waals surface area contributed by atoms with Gasteiger partial charge in [0.05, 0.1) is 17.4 Å². The minimum absolute atomic E-state index is 0.263. The van der Waals surface area contributed by atoms with E-state index in [4.69, 9.17) is 11.6 Å². The van der Waals surface area contributed by atoms with Gasteiger partial charge in [-0.1, -0.05) is 30.7 Å². The third-order valence-electron chi connectivity index (χ3n) is 3.39. The minimum Gasteiger partial charge on any atom is -0.311 e. The quantitative estimate of drug-likeness (QED) is 0.910. The van der Waals surface area contributed by atoms with Gasteiger partial charge in [-0.25, -0.2) is 0 Å². The summed E-state index contributed by atoms with van der Waals surface area (Å²) in [7, 11) is 3.99. The molecule has 0 aliphatic heterocycles. The number of nitrogens with one attached hydrogen (secondary N) is 1. The van der Waals surface area contributed by atoms with Crippen molar-refractivity contribution in [1.82, 2.24) is 15.1 Å². The van der Waals surface area contributed by atoms with Gasteiger partial charge in [-0.15, -0.1) is 0 Å². The first-order valence-corrected chi connectivity index (χ1v) is 6.96. The van der Waals surface area contributed by atoms with E-state index in [-0.39, 0.29) is 6.04 Å². The van der Waals surface area contributed by atoms with Gasteiger partial charge in [0, 0.05) is 12.1 Å². The van der Waals surface area contributed by atoms with Gasteiger partial charge in [0.15, 0.2) is 0 Å². The van der Waals surface area contributed by atoms with Crippen LogP contribution in [-0.2, 0) is 19.9 Å². The number of likely N-dealkylation sites (N-methyl/N-ethyl adjacent to an activating group) is 1. The van der Waals surface area contributed by atoms with E-state index in [0.29, 0.717) is 0 Å². The van der Waals surface area contributed by atoms with E-state index in [1.165, 1.54) is 11.3 Å². The van der Waals surface area contributed by atoms with Crippen LogP contribution in [-0.4, -0.2) is 16.8 Å². The summed E-state index contributed by atoms with van der Waals surface area (Å²) in [5, 5.41) is 8.65. The molecule has 4 heteroatoms. The molecule has 3 nitrogen and oxygen atoms in total. The Labute approximate surface area is 119 Å². The van der Waals surface area contributed by atoms with Crippen LogP contribution in [0, 0.1) is 0 Å². The van der Waals surface area contributed by atoms with Crippen LogP contribution in [0.5, 0.6) is 0 Å². The molecule has 0 aliphatic carbocycles. The normalized spacial score (nSPS) is 12.6. The Morgan fingerprint density at radius 3 is 2.53 bits per heavy atom. The van der Waals surface area contributed by atoms with Crippen LogP contribution in [0.15, 0.2) is 30.3 Å². The van der Waals surface area contributed by atoms with Gasteiger partial charge in [0.1, 0.15) is 0 Å². The Morgan fingerprint density at radius 2 is 2.00 bits per heavy atom. The lowest BCUT2D eigenvalue weighted by Gasteiger charge is -2.16. The molecule has 0 radical (unpaired) electrons. The number of hydrogen-bond acceptors (Lipinski definition) is 2. The molecule has 0 fully saturated rings. The van der Waals surface area contributed by atoms with Crippen LogP contribution in [0.3, 0.4) is 0 Å². The number of aromatic nitrogens is 2. The average Bonchev–Trinajstić information content (AvgIpc) is 2.79. The maximum absolute atomic E-state index is 5.92. The largest absolute Gasteiger partial charge is 0.311 e. The molecule has 2 rings (SSSR count). The number of benzene rings is 1. The Kier molecular flexibility index (Phi) is 4.61. The van der Waals surface area contributed by atoms with Crippen LogP contribution < -0.4 is 5.32 Å². The van der Waals surface area contributed by atoms with Crippen molar-refractivity contribution in [2.24, 2.45) is 7.05 Å². The van der Waals surface area contributed by atoms with Gasteiger partial charge in [-0.3, -0.25) is 4.68 Å². The highest BCUT2D eigenvalue weighted by molar-refractivity contribution is 6.30. The van der Waals surface area contributed by atoms with Crippen LogP contribution in [0.4, 0.5) is 0 Å². The summed E-state index contributed by atoms with van der Waals surface area (Å²) in [5.41, 5.74) is 3.62. The van der Waals surface area contributed by atoms with Crippen LogP contribution in [0.2, 0.25) is 5.02 Å². The van der Waals surface area contributed by atoms with E-state index in [9.17, 15) is 0 Å². The molecular weight excluding hydrogens is 258 g/mol. The number of rotatable bonds is 5. The number of halogens is 1. The lowest BCUT2D eigenvalue weighted by Crippen LogP contribution is -2.21. The predicted molar refractivity (Wildman–Crippen MR) is 79.5 cm³/mol.